The molecule has 0 aromatic rings. The summed E-state index contributed by atoms with van der Waals surface area (Å²) < 4.78 is 0. The maximum atomic E-state index is 11.3. The van der Waals surface area contributed by atoms with Crippen LogP contribution in [0.4, 0.5) is 0 Å². The SMILES string of the molecule is CCCCC[C@@H](C)NC(=O)C[C@H](O)CCl. The third-order valence-electron chi connectivity index (χ3n) is 2.25. The molecule has 0 radical (unpaired) electrons. The summed E-state index contributed by atoms with van der Waals surface area (Å²) in [6, 6.07) is 0.187. The monoisotopic (exact) mass is 235 g/mol. The van der Waals surface area contributed by atoms with E-state index in [0.717, 1.165) is 12.8 Å². The van der Waals surface area contributed by atoms with Gasteiger partial charge in [0.25, 0.3) is 0 Å². The Morgan fingerprint density at radius 1 is 1.47 bits per heavy atom. The Morgan fingerprint density at radius 2 is 2.13 bits per heavy atom. The number of hydrogen-bond acceptors (Lipinski definition) is 2. The predicted octanol–water partition coefficient (Wildman–Crippen LogP) is 2.06. The van der Waals surface area contributed by atoms with Crippen LogP contribution in [0.15, 0.2) is 0 Å². The molecule has 0 aliphatic heterocycles. The number of hydrogen-bond donors (Lipinski definition) is 2. The first kappa shape index (κ1) is 14.7. The highest BCUT2D eigenvalue weighted by Crippen LogP contribution is 2.03. The molecule has 1 amide bonds. The van der Waals surface area contributed by atoms with Crippen LogP contribution >= 0.6 is 11.6 Å². The highest BCUT2D eigenvalue weighted by atomic mass is 35.5. The number of aliphatic hydroxyl groups is 1. The van der Waals surface area contributed by atoms with Crippen molar-refractivity contribution in [3.8, 4) is 0 Å². The van der Waals surface area contributed by atoms with E-state index in [4.69, 9.17) is 16.7 Å². The normalized spacial score (nSPS) is 14.7. The first-order chi connectivity index (χ1) is 7.10. The maximum absolute atomic E-state index is 11.3. The van der Waals surface area contributed by atoms with Crippen LogP contribution in [-0.2, 0) is 4.79 Å². The van der Waals surface area contributed by atoms with Gasteiger partial charge >= 0.3 is 0 Å². The van der Waals surface area contributed by atoms with Crippen LogP contribution < -0.4 is 5.32 Å². The first-order valence-corrected chi connectivity index (χ1v) is 6.17. The van der Waals surface area contributed by atoms with Crippen LogP contribution in [0.5, 0.6) is 0 Å². The van der Waals surface area contributed by atoms with Crippen molar-refractivity contribution in [2.24, 2.45) is 0 Å². The summed E-state index contributed by atoms with van der Waals surface area (Å²) in [6.07, 6.45) is 3.89. The number of nitrogens with one attached hydrogen (secondary N) is 1. The Balaban J connectivity index is 3.57. The molecule has 0 aliphatic carbocycles. The van der Waals surface area contributed by atoms with Gasteiger partial charge in [0.1, 0.15) is 0 Å². The van der Waals surface area contributed by atoms with Crippen molar-refractivity contribution in [3.05, 3.63) is 0 Å². The molecule has 0 saturated carbocycles. The molecule has 0 spiro atoms. The second kappa shape index (κ2) is 8.98. The number of alkyl halides is 1. The van der Waals surface area contributed by atoms with Gasteiger partial charge < -0.3 is 10.4 Å². The van der Waals surface area contributed by atoms with E-state index in [1.165, 1.54) is 12.8 Å². The number of carbonyl (C=O) groups excluding carboxylic acids is 1. The second-order valence-electron chi connectivity index (χ2n) is 3.98. The smallest absolute Gasteiger partial charge is 0.222 e. The standard InChI is InChI=1S/C11H22ClNO2/c1-3-4-5-6-9(2)13-11(15)7-10(14)8-12/h9-10,14H,3-8H2,1-2H3,(H,13,15)/t9-,10+/m1/s1. The number of aliphatic hydroxyl groups excluding tert-OH is 1. The van der Waals surface area contributed by atoms with E-state index in [1.54, 1.807) is 0 Å². The lowest BCUT2D eigenvalue weighted by atomic mass is 10.1. The maximum Gasteiger partial charge on any atom is 0.222 e. The van der Waals surface area contributed by atoms with Crippen molar-refractivity contribution in [1.29, 1.82) is 0 Å². The number of rotatable bonds is 8. The van der Waals surface area contributed by atoms with Crippen LogP contribution in [0.1, 0.15) is 46.0 Å². The average Bonchev–Trinajstić information content (AvgIpc) is 2.17. The molecular weight excluding hydrogens is 214 g/mol. The summed E-state index contributed by atoms with van der Waals surface area (Å²) in [7, 11) is 0. The summed E-state index contributed by atoms with van der Waals surface area (Å²) in [5.41, 5.74) is 0. The summed E-state index contributed by atoms with van der Waals surface area (Å²) in [5.74, 6) is -0.00962. The van der Waals surface area contributed by atoms with Gasteiger partial charge in [-0.05, 0) is 13.3 Å². The summed E-state index contributed by atoms with van der Waals surface area (Å²) in [6.45, 7) is 4.14. The van der Waals surface area contributed by atoms with E-state index in [-0.39, 0.29) is 24.2 Å². The molecule has 0 saturated heterocycles. The van der Waals surface area contributed by atoms with Crippen molar-refractivity contribution >= 4 is 17.5 Å². The van der Waals surface area contributed by atoms with Crippen molar-refractivity contribution < 1.29 is 9.90 Å². The number of unbranched alkanes of at least 4 members (excludes halogenated alkanes) is 2. The lowest BCUT2D eigenvalue weighted by Gasteiger charge is -2.14. The van der Waals surface area contributed by atoms with Crippen molar-refractivity contribution in [3.63, 3.8) is 0 Å². The van der Waals surface area contributed by atoms with E-state index in [2.05, 4.69) is 12.2 Å². The Labute approximate surface area is 97.2 Å². The van der Waals surface area contributed by atoms with Gasteiger partial charge in [0, 0.05) is 11.9 Å². The van der Waals surface area contributed by atoms with Crippen molar-refractivity contribution in [2.75, 3.05) is 5.88 Å². The molecule has 0 aliphatic rings. The van der Waals surface area contributed by atoms with Gasteiger partial charge in [0.15, 0.2) is 0 Å². The van der Waals surface area contributed by atoms with Crippen LogP contribution in [0.25, 0.3) is 0 Å². The first-order valence-electron chi connectivity index (χ1n) is 5.63. The minimum absolute atomic E-state index is 0.0988. The molecule has 2 atom stereocenters. The molecule has 0 aromatic carbocycles. The average molecular weight is 236 g/mol. The lowest BCUT2D eigenvalue weighted by molar-refractivity contribution is -0.123. The largest absolute Gasteiger partial charge is 0.391 e. The molecule has 2 N–H and O–H groups in total. The van der Waals surface area contributed by atoms with E-state index >= 15 is 0 Å². The van der Waals surface area contributed by atoms with Crippen LogP contribution in [0.2, 0.25) is 0 Å². The van der Waals surface area contributed by atoms with Gasteiger partial charge in [-0.2, -0.15) is 0 Å². The molecule has 0 rings (SSSR count). The summed E-state index contributed by atoms with van der Waals surface area (Å²) in [5, 5.41) is 12.0. The van der Waals surface area contributed by atoms with Gasteiger partial charge in [-0.15, -0.1) is 11.6 Å². The zero-order valence-corrected chi connectivity index (χ0v) is 10.4. The lowest BCUT2D eigenvalue weighted by Crippen LogP contribution is -2.34. The zero-order valence-electron chi connectivity index (χ0n) is 9.63. The number of amides is 1. The fourth-order valence-electron chi connectivity index (χ4n) is 1.38. The van der Waals surface area contributed by atoms with E-state index in [9.17, 15) is 4.79 Å². The van der Waals surface area contributed by atoms with Crippen molar-refractivity contribution in [2.45, 2.75) is 58.1 Å². The highest BCUT2D eigenvalue weighted by molar-refractivity contribution is 6.18. The Kier molecular flexibility index (Phi) is 8.82. The Hall–Kier alpha value is -0.280. The van der Waals surface area contributed by atoms with E-state index < -0.39 is 6.10 Å². The molecule has 4 heteroatoms. The van der Waals surface area contributed by atoms with Gasteiger partial charge in [0.2, 0.25) is 5.91 Å². The van der Waals surface area contributed by atoms with Gasteiger partial charge in [-0.25, -0.2) is 0 Å². The fraction of sp³-hybridized carbons (Fsp3) is 0.909. The highest BCUT2D eigenvalue weighted by Gasteiger charge is 2.11. The van der Waals surface area contributed by atoms with Crippen LogP contribution in [0, 0.1) is 0 Å². The third kappa shape index (κ3) is 8.70. The number of halogens is 1. The number of carbonyl (C=O) groups is 1. The molecule has 0 bridgehead atoms. The molecule has 3 nitrogen and oxygen atoms in total. The molecule has 0 heterocycles. The molecule has 90 valence electrons. The topological polar surface area (TPSA) is 49.3 Å². The Morgan fingerprint density at radius 3 is 2.67 bits per heavy atom. The van der Waals surface area contributed by atoms with Gasteiger partial charge in [0.05, 0.1) is 12.5 Å². The molecule has 0 unspecified atom stereocenters. The molecule has 0 aromatic heterocycles. The van der Waals surface area contributed by atoms with E-state index in [1.807, 2.05) is 6.92 Å². The van der Waals surface area contributed by atoms with E-state index in [0.29, 0.717) is 0 Å². The van der Waals surface area contributed by atoms with Crippen LogP contribution in [0.3, 0.4) is 0 Å². The summed E-state index contributed by atoms with van der Waals surface area (Å²) in [4.78, 5) is 11.3. The minimum atomic E-state index is -0.727. The quantitative estimate of drug-likeness (QED) is 0.500. The fourth-order valence-corrected chi connectivity index (χ4v) is 1.48. The molecule has 0 fully saturated rings. The third-order valence-corrected chi connectivity index (χ3v) is 2.60. The van der Waals surface area contributed by atoms with Gasteiger partial charge in [-0.3, -0.25) is 4.79 Å². The Bertz CT molecular complexity index is 176. The second-order valence-corrected chi connectivity index (χ2v) is 4.29. The molecule has 15 heavy (non-hydrogen) atoms. The summed E-state index contributed by atoms with van der Waals surface area (Å²) >= 11 is 5.41. The minimum Gasteiger partial charge on any atom is -0.391 e. The predicted molar refractivity (Wildman–Crippen MR) is 63.1 cm³/mol. The van der Waals surface area contributed by atoms with Gasteiger partial charge in [-0.1, -0.05) is 26.2 Å². The van der Waals surface area contributed by atoms with Crippen molar-refractivity contribution in [1.82, 2.24) is 5.32 Å². The zero-order chi connectivity index (χ0) is 11.7. The van der Waals surface area contributed by atoms with Crippen LogP contribution in [-0.4, -0.2) is 29.0 Å². The molecular formula is C11H22ClNO2.